The fourth-order valence-corrected chi connectivity index (χ4v) is 1.43. The predicted octanol–water partition coefficient (Wildman–Crippen LogP) is 2.82. The lowest BCUT2D eigenvalue weighted by Gasteiger charge is -2.23. The molecule has 0 bridgehead atoms. The van der Waals surface area contributed by atoms with Gasteiger partial charge in [-0.05, 0) is 18.4 Å². The lowest BCUT2D eigenvalue weighted by Crippen LogP contribution is -2.38. The summed E-state index contributed by atoms with van der Waals surface area (Å²) >= 11 is 0. The molecule has 2 atom stereocenters. The van der Waals surface area contributed by atoms with Gasteiger partial charge in [-0.1, -0.05) is 43.7 Å². The molecule has 0 amide bonds. The third kappa shape index (κ3) is 4.71. The molecule has 2 nitrogen and oxygen atoms in total. The molecule has 4 N–H and O–H groups in total. The van der Waals surface area contributed by atoms with Crippen LogP contribution >= 0.6 is 24.8 Å². The van der Waals surface area contributed by atoms with Crippen molar-refractivity contribution in [3.8, 4) is 0 Å². The summed E-state index contributed by atoms with van der Waals surface area (Å²) in [4.78, 5) is 0. The Balaban J connectivity index is 0. The Morgan fingerprint density at radius 2 is 1.38 bits per heavy atom. The second-order valence-electron chi connectivity index (χ2n) is 4.26. The molecule has 0 aliphatic rings. The minimum Gasteiger partial charge on any atom is -0.326 e. The van der Waals surface area contributed by atoms with Gasteiger partial charge in [0.15, 0.2) is 0 Å². The zero-order valence-electron chi connectivity index (χ0n) is 10.0. The molecule has 0 saturated heterocycles. The molecular formula is C12H22Cl2N2. The number of hydrogen-bond donors (Lipinski definition) is 2. The molecule has 94 valence electrons. The predicted molar refractivity (Wildman–Crippen MR) is 75.4 cm³/mol. The highest BCUT2D eigenvalue weighted by Gasteiger charge is 2.17. The molecule has 16 heavy (non-hydrogen) atoms. The summed E-state index contributed by atoms with van der Waals surface area (Å²) in [6.07, 6.45) is 0. The van der Waals surface area contributed by atoms with Gasteiger partial charge in [-0.15, -0.1) is 24.8 Å². The van der Waals surface area contributed by atoms with Crippen molar-refractivity contribution in [3.63, 3.8) is 0 Å². The molecule has 0 fully saturated rings. The highest BCUT2D eigenvalue weighted by atomic mass is 35.5. The van der Waals surface area contributed by atoms with Gasteiger partial charge in [-0.25, -0.2) is 0 Å². The number of aryl methyl sites for hydroxylation is 1. The van der Waals surface area contributed by atoms with E-state index in [4.69, 9.17) is 11.5 Å². The minimum atomic E-state index is -0.0596. The maximum absolute atomic E-state index is 6.06. The smallest absolute Gasteiger partial charge is 0.0451 e. The van der Waals surface area contributed by atoms with Crippen LogP contribution in [0.1, 0.15) is 31.0 Å². The van der Waals surface area contributed by atoms with Crippen molar-refractivity contribution in [1.82, 2.24) is 0 Å². The summed E-state index contributed by atoms with van der Waals surface area (Å²) < 4.78 is 0. The first-order valence-electron chi connectivity index (χ1n) is 5.10. The van der Waals surface area contributed by atoms with Crippen molar-refractivity contribution in [2.24, 2.45) is 17.4 Å². The van der Waals surface area contributed by atoms with Crippen LogP contribution in [0.15, 0.2) is 24.3 Å². The molecule has 1 rings (SSSR count). The molecule has 0 heterocycles. The summed E-state index contributed by atoms with van der Waals surface area (Å²) in [6.45, 7) is 6.26. The Kier molecular flexibility index (Phi) is 8.94. The number of rotatable bonds is 3. The van der Waals surface area contributed by atoms with Crippen molar-refractivity contribution < 1.29 is 0 Å². The third-order valence-corrected chi connectivity index (χ3v) is 2.65. The second kappa shape index (κ2) is 7.91. The van der Waals surface area contributed by atoms with E-state index in [1.807, 2.05) is 0 Å². The van der Waals surface area contributed by atoms with Crippen molar-refractivity contribution in [3.05, 3.63) is 35.4 Å². The van der Waals surface area contributed by atoms with Gasteiger partial charge in [-0.2, -0.15) is 0 Å². The summed E-state index contributed by atoms with van der Waals surface area (Å²) in [7, 11) is 0. The Labute approximate surface area is 111 Å². The molecule has 1 aromatic rings. The first kappa shape index (κ1) is 18.1. The van der Waals surface area contributed by atoms with Crippen LogP contribution < -0.4 is 11.5 Å². The molecule has 0 radical (unpaired) electrons. The van der Waals surface area contributed by atoms with E-state index in [9.17, 15) is 0 Å². The first-order chi connectivity index (χ1) is 6.52. The van der Waals surface area contributed by atoms with Crippen molar-refractivity contribution in [2.45, 2.75) is 32.9 Å². The Hall–Kier alpha value is -0.280. The van der Waals surface area contributed by atoms with Gasteiger partial charge in [0.25, 0.3) is 0 Å². The van der Waals surface area contributed by atoms with Gasteiger partial charge in [0.05, 0.1) is 0 Å². The molecule has 1 aromatic carbocycles. The van der Waals surface area contributed by atoms with Crippen LogP contribution in [0.5, 0.6) is 0 Å². The van der Waals surface area contributed by atoms with Crippen LogP contribution in [-0.4, -0.2) is 6.04 Å². The SMILES string of the molecule is Cc1ccc([C@@H](N)[C@H](N)C(C)C)cc1.Cl.Cl. The zero-order valence-corrected chi connectivity index (χ0v) is 11.6. The standard InChI is InChI=1S/C12H20N2.2ClH/c1-8(2)11(13)12(14)10-6-4-9(3)5-7-10;;/h4-8,11-12H,13-14H2,1-3H3;2*1H/t11-,12-;;/m1../s1. The Bertz CT molecular complexity index is 286. The van der Waals surface area contributed by atoms with Gasteiger partial charge in [0.1, 0.15) is 0 Å². The number of nitrogens with two attached hydrogens (primary N) is 2. The maximum Gasteiger partial charge on any atom is 0.0451 e. The topological polar surface area (TPSA) is 52.0 Å². The van der Waals surface area contributed by atoms with Gasteiger partial charge < -0.3 is 11.5 Å². The van der Waals surface area contributed by atoms with E-state index in [0.29, 0.717) is 5.92 Å². The van der Waals surface area contributed by atoms with E-state index >= 15 is 0 Å². The van der Waals surface area contributed by atoms with E-state index in [-0.39, 0.29) is 36.9 Å². The monoisotopic (exact) mass is 264 g/mol. The molecule has 0 saturated carbocycles. The van der Waals surface area contributed by atoms with Gasteiger partial charge in [0, 0.05) is 12.1 Å². The van der Waals surface area contributed by atoms with E-state index < -0.39 is 0 Å². The Morgan fingerprint density at radius 3 is 1.75 bits per heavy atom. The number of halogens is 2. The molecule has 4 heteroatoms. The van der Waals surface area contributed by atoms with Crippen LogP contribution in [0.2, 0.25) is 0 Å². The van der Waals surface area contributed by atoms with Crippen LogP contribution in [0.4, 0.5) is 0 Å². The molecule has 0 aliphatic heterocycles. The summed E-state index contributed by atoms with van der Waals surface area (Å²) in [5.41, 5.74) is 14.4. The number of hydrogen-bond acceptors (Lipinski definition) is 2. The van der Waals surface area contributed by atoms with Crippen LogP contribution in [0.25, 0.3) is 0 Å². The molecule has 0 aromatic heterocycles. The highest BCUT2D eigenvalue weighted by molar-refractivity contribution is 5.85. The third-order valence-electron chi connectivity index (χ3n) is 2.65. The normalized spacial score (nSPS) is 13.6. The summed E-state index contributed by atoms with van der Waals surface area (Å²) in [5.74, 6) is 0.409. The van der Waals surface area contributed by atoms with E-state index in [1.165, 1.54) is 5.56 Å². The first-order valence-corrected chi connectivity index (χ1v) is 5.10. The summed E-state index contributed by atoms with van der Waals surface area (Å²) in [5, 5.41) is 0. The molecule has 0 unspecified atom stereocenters. The van der Waals surface area contributed by atoms with E-state index in [0.717, 1.165) is 5.56 Å². The maximum atomic E-state index is 6.06. The largest absolute Gasteiger partial charge is 0.326 e. The van der Waals surface area contributed by atoms with Gasteiger partial charge in [-0.3, -0.25) is 0 Å². The highest BCUT2D eigenvalue weighted by Crippen LogP contribution is 2.18. The molecule has 0 spiro atoms. The quantitative estimate of drug-likeness (QED) is 0.883. The van der Waals surface area contributed by atoms with E-state index in [2.05, 4.69) is 45.0 Å². The molecule has 0 aliphatic carbocycles. The second-order valence-corrected chi connectivity index (χ2v) is 4.26. The minimum absolute atomic E-state index is 0. The van der Waals surface area contributed by atoms with Crippen LogP contribution in [0, 0.1) is 12.8 Å². The van der Waals surface area contributed by atoms with Crippen molar-refractivity contribution in [1.29, 1.82) is 0 Å². The fraction of sp³-hybridized carbons (Fsp3) is 0.500. The van der Waals surface area contributed by atoms with Crippen molar-refractivity contribution >= 4 is 24.8 Å². The average molecular weight is 265 g/mol. The fourth-order valence-electron chi connectivity index (χ4n) is 1.43. The zero-order chi connectivity index (χ0) is 10.7. The number of benzene rings is 1. The lowest BCUT2D eigenvalue weighted by molar-refractivity contribution is 0.423. The Morgan fingerprint density at radius 1 is 0.938 bits per heavy atom. The lowest BCUT2D eigenvalue weighted by atomic mass is 9.92. The van der Waals surface area contributed by atoms with E-state index in [1.54, 1.807) is 0 Å². The molecular weight excluding hydrogens is 243 g/mol. The van der Waals surface area contributed by atoms with Crippen LogP contribution in [0.3, 0.4) is 0 Å². The average Bonchev–Trinajstić information content (AvgIpc) is 2.16. The van der Waals surface area contributed by atoms with Crippen LogP contribution in [-0.2, 0) is 0 Å². The van der Waals surface area contributed by atoms with Gasteiger partial charge >= 0.3 is 0 Å². The van der Waals surface area contributed by atoms with Crippen molar-refractivity contribution in [2.75, 3.05) is 0 Å². The van der Waals surface area contributed by atoms with Gasteiger partial charge in [0.2, 0.25) is 0 Å². The summed E-state index contributed by atoms with van der Waals surface area (Å²) in [6, 6.07) is 8.22.